The number of esters is 1. The van der Waals surface area contributed by atoms with Crippen LogP contribution in [0, 0.1) is 0 Å². The minimum Gasteiger partial charge on any atom is -0.455 e. The fourth-order valence-corrected chi connectivity index (χ4v) is 6.80. The molecule has 2 aliphatic carbocycles. The minimum absolute atomic E-state index is 0.0359. The second-order valence-electron chi connectivity index (χ2n) is 8.77. The highest BCUT2D eigenvalue weighted by molar-refractivity contribution is 7.99. The van der Waals surface area contributed by atoms with Crippen LogP contribution in [-0.2, 0) is 39.3 Å². The average molecular weight is 498 g/mol. The predicted molar refractivity (Wildman–Crippen MR) is 134 cm³/mol. The maximum absolute atomic E-state index is 12.6. The van der Waals surface area contributed by atoms with Gasteiger partial charge in [0.15, 0.2) is 6.61 Å². The first-order valence-corrected chi connectivity index (χ1v) is 13.7. The van der Waals surface area contributed by atoms with Crippen LogP contribution in [0.1, 0.15) is 59.1 Å². The van der Waals surface area contributed by atoms with Gasteiger partial charge < -0.3 is 15.0 Å². The molecule has 5 rings (SSSR count). The van der Waals surface area contributed by atoms with Crippen LogP contribution in [0.25, 0.3) is 10.2 Å². The predicted octanol–water partition coefficient (Wildman–Crippen LogP) is 3.83. The molecule has 7 nitrogen and oxygen atoms in total. The average Bonchev–Trinajstić information content (AvgIpc) is 3.22. The Labute approximate surface area is 205 Å². The van der Waals surface area contributed by atoms with Gasteiger partial charge in [-0.3, -0.25) is 14.4 Å². The van der Waals surface area contributed by atoms with E-state index in [-0.39, 0.29) is 29.9 Å². The SMILES string of the molecule is O=C(COC(=O)CSCc1nc2sc3c(c2c(=O)[nH]1)CCCC3)N[C@@H]1CCCc2ccccc21. The molecule has 0 bridgehead atoms. The Morgan fingerprint density at radius 1 is 1.18 bits per heavy atom. The maximum atomic E-state index is 12.6. The number of thiophene rings is 1. The van der Waals surface area contributed by atoms with Crippen LogP contribution in [0.15, 0.2) is 29.1 Å². The summed E-state index contributed by atoms with van der Waals surface area (Å²) in [6, 6.07) is 8.10. The minimum atomic E-state index is -0.459. The molecule has 2 aliphatic rings. The molecule has 0 saturated heterocycles. The van der Waals surface area contributed by atoms with E-state index in [0.29, 0.717) is 11.6 Å². The number of hydrogen-bond acceptors (Lipinski definition) is 7. The summed E-state index contributed by atoms with van der Waals surface area (Å²) in [4.78, 5) is 46.6. The van der Waals surface area contributed by atoms with Gasteiger partial charge in [-0.15, -0.1) is 23.1 Å². The second kappa shape index (κ2) is 10.3. The smallest absolute Gasteiger partial charge is 0.316 e. The van der Waals surface area contributed by atoms with E-state index < -0.39 is 5.97 Å². The van der Waals surface area contributed by atoms with Crippen molar-refractivity contribution < 1.29 is 14.3 Å². The van der Waals surface area contributed by atoms with Crippen LogP contribution in [0.5, 0.6) is 0 Å². The summed E-state index contributed by atoms with van der Waals surface area (Å²) in [6.07, 6.45) is 7.17. The standard InChI is InChI=1S/C25H27N3O4S2/c29-21(26-18-10-5-7-15-6-1-2-8-16(15)18)12-32-22(30)14-33-13-20-27-24(31)23-17-9-3-4-11-19(17)34-25(23)28-20/h1-2,6,8,18H,3-5,7,9-14H2,(H,26,29)(H,27,28,31)/t18-/m1/s1. The van der Waals surface area contributed by atoms with Gasteiger partial charge in [0.1, 0.15) is 10.7 Å². The number of aromatic nitrogens is 2. The van der Waals surface area contributed by atoms with E-state index in [1.165, 1.54) is 22.2 Å². The van der Waals surface area contributed by atoms with Gasteiger partial charge in [-0.25, -0.2) is 4.98 Å². The third-order valence-corrected chi connectivity index (χ3v) is 8.50. The molecule has 178 valence electrons. The van der Waals surface area contributed by atoms with Crippen LogP contribution < -0.4 is 10.9 Å². The van der Waals surface area contributed by atoms with E-state index in [4.69, 9.17) is 4.74 Å². The van der Waals surface area contributed by atoms with Gasteiger partial charge in [0, 0.05) is 4.88 Å². The Balaban J connectivity index is 1.09. The van der Waals surface area contributed by atoms with Crippen molar-refractivity contribution in [2.24, 2.45) is 0 Å². The number of H-pyrrole nitrogens is 1. The van der Waals surface area contributed by atoms with E-state index in [9.17, 15) is 14.4 Å². The number of amides is 1. The topological polar surface area (TPSA) is 101 Å². The van der Waals surface area contributed by atoms with Crippen molar-refractivity contribution in [2.75, 3.05) is 12.4 Å². The Hall–Kier alpha value is -2.65. The third kappa shape index (κ3) is 5.05. The number of aryl methyl sites for hydroxylation is 3. The molecule has 34 heavy (non-hydrogen) atoms. The largest absolute Gasteiger partial charge is 0.455 e. The zero-order valence-electron chi connectivity index (χ0n) is 18.9. The molecule has 0 unspecified atom stereocenters. The Bertz CT molecular complexity index is 1280. The number of fused-ring (bicyclic) bond motifs is 4. The Kier molecular flexibility index (Phi) is 7.01. The van der Waals surface area contributed by atoms with Gasteiger partial charge in [0.05, 0.1) is 22.9 Å². The molecule has 0 radical (unpaired) electrons. The summed E-state index contributed by atoms with van der Waals surface area (Å²) in [5.41, 5.74) is 3.48. The van der Waals surface area contributed by atoms with Gasteiger partial charge in [0.2, 0.25) is 0 Å². The molecular weight excluding hydrogens is 470 g/mol. The second-order valence-corrected chi connectivity index (χ2v) is 10.8. The van der Waals surface area contributed by atoms with Crippen molar-refractivity contribution in [1.29, 1.82) is 0 Å². The fourth-order valence-electron chi connectivity index (χ4n) is 4.84. The lowest BCUT2D eigenvalue weighted by Gasteiger charge is -2.26. The molecular formula is C25H27N3O4S2. The quantitative estimate of drug-likeness (QED) is 0.481. The van der Waals surface area contributed by atoms with Crippen LogP contribution >= 0.6 is 23.1 Å². The van der Waals surface area contributed by atoms with Gasteiger partial charge >= 0.3 is 5.97 Å². The summed E-state index contributed by atoms with van der Waals surface area (Å²) < 4.78 is 5.16. The van der Waals surface area contributed by atoms with Crippen molar-refractivity contribution in [3.63, 3.8) is 0 Å². The lowest BCUT2D eigenvalue weighted by molar-refractivity contribution is -0.146. The number of carbonyl (C=O) groups is 2. The van der Waals surface area contributed by atoms with Crippen LogP contribution in [0.2, 0.25) is 0 Å². The van der Waals surface area contributed by atoms with Crippen molar-refractivity contribution in [3.8, 4) is 0 Å². The van der Waals surface area contributed by atoms with Crippen LogP contribution in [0.4, 0.5) is 0 Å². The van der Waals surface area contributed by atoms with Gasteiger partial charge in [-0.05, 0) is 61.6 Å². The zero-order valence-corrected chi connectivity index (χ0v) is 20.5. The number of thioether (sulfide) groups is 1. The summed E-state index contributed by atoms with van der Waals surface area (Å²) in [7, 11) is 0. The number of nitrogens with one attached hydrogen (secondary N) is 2. The summed E-state index contributed by atoms with van der Waals surface area (Å²) in [6.45, 7) is -0.292. The molecule has 0 aliphatic heterocycles. The Morgan fingerprint density at radius 3 is 2.94 bits per heavy atom. The van der Waals surface area contributed by atoms with E-state index in [2.05, 4.69) is 21.4 Å². The molecule has 9 heteroatoms. The molecule has 0 fully saturated rings. The number of nitrogens with zero attached hydrogens (tertiary/aromatic N) is 1. The van der Waals surface area contributed by atoms with Gasteiger partial charge in [0.25, 0.3) is 11.5 Å². The summed E-state index contributed by atoms with van der Waals surface area (Å²) in [5, 5.41) is 3.72. The van der Waals surface area contributed by atoms with Crippen molar-refractivity contribution in [1.82, 2.24) is 15.3 Å². The number of hydrogen-bond donors (Lipinski definition) is 2. The van der Waals surface area contributed by atoms with Crippen LogP contribution in [0.3, 0.4) is 0 Å². The van der Waals surface area contributed by atoms with Crippen molar-refractivity contribution >= 4 is 45.2 Å². The molecule has 2 N–H and O–H groups in total. The zero-order chi connectivity index (χ0) is 23.5. The number of carbonyl (C=O) groups excluding carboxylic acids is 2. The highest BCUT2D eigenvalue weighted by atomic mass is 32.2. The van der Waals surface area contributed by atoms with Crippen molar-refractivity contribution in [3.05, 3.63) is 62.0 Å². The molecule has 2 aromatic heterocycles. The monoisotopic (exact) mass is 497 g/mol. The maximum Gasteiger partial charge on any atom is 0.316 e. The van der Waals surface area contributed by atoms with Gasteiger partial charge in [-0.1, -0.05) is 24.3 Å². The lowest BCUT2D eigenvalue weighted by atomic mass is 9.88. The highest BCUT2D eigenvalue weighted by Gasteiger charge is 2.22. The third-order valence-electron chi connectivity index (χ3n) is 6.40. The Morgan fingerprint density at radius 2 is 2.03 bits per heavy atom. The van der Waals surface area contributed by atoms with E-state index in [0.717, 1.165) is 66.3 Å². The first kappa shape index (κ1) is 23.1. The first-order valence-electron chi connectivity index (χ1n) is 11.7. The normalized spacial score (nSPS) is 17.1. The summed E-state index contributed by atoms with van der Waals surface area (Å²) >= 11 is 2.92. The van der Waals surface area contributed by atoms with E-state index >= 15 is 0 Å². The number of rotatable bonds is 7. The highest BCUT2D eigenvalue weighted by Crippen LogP contribution is 2.33. The first-order chi connectivity index (χ1) is 16.6. The van der Waals surface area contributed by atoms with Crippen molar-refractivity contribution in [2.45, 2.75) is 56.7 Å². The molecule has 3 aromatic rings. The van der Waals surface area contributed by atoms with E-state index in [1.807, 2.05) is 18.2 Å². The molecule has 0 spiro atoms. The number of ether oxygens (including phenoxy) is 1. The molecule has 1 aromatic carbocycles. The van der Waals surface area contributed by atoms with Gasteiger partial charge in [-0.2, -0.15) is 0 Å². The summed E-state index contributed by atoms with van der Waals surface area (Å²) in [5.74, 6) is 0.288. The molecule has 0 saturated carbocycles. The lowest BCUT2D eigenvalue weighted by Crippen LogP contribution is -2.34. The van der Waals surface area contributed by atoms with Crippen LogP contribution in [-0.4, -0.2) is 34.2 Å². The molecule has 2 heterocycles. The number of benzene rings is 1. The fraction of sp³-hybridized carbons (Fsp3) is 0.440. The molecule has 1 atom stereocenters. The number of aromatic amines is 1. The molecule has 1 amide bonds. The van der Waals surface area contributed by atoms with E-state index in [1.54, 1.807) is 11.3 Å².